The number of hydrogen-bond donors (Lipinski definition) is 2. The first-order chi connectivity index (χ1) is 11.1. The lowest BCUT2D eigenvalue weighted by Crippen LogP contribution is -2.00. The minimum Gasteiger partial charge on any atom is -0.497 e. The van der Waals surface area contributed by atoms with Gasteiger partial charge < -0.3 is 15.5 Å². The Labute approximate surface area is 134 Å². The summed E-state index contributed by atoms with van der Waals surface area (Å²) in [5, 5.41) is 9.47. The van der Waals surface area contributed by atoms with Crippen molar-refractivity contribution in [2.45, 2.75) is 6.92 Å². The van der Waals surface area contributed by atoms with Gasteiger partial charge in [0.1, 0.15) is 23.2 Å². The first-order valence-corrected chi connectivity index (χ1v) is 7.13. The van der Waals surface area contributed by atoms with E-state index in [4.69, 9.17) is 10.5 Å². The minimum atomic E-state index is 0.227. The van der Waals surface area contributed by atoms with Crippen molar-refractivity contribution in [3.63, 3.8) is 0 Å². The number of nitrogens with two attached hydrogens (primary N) is 1. The number of nitrogens with one attached hydrogen (secondary N) is 1. The van der Waals surface area contributed by atoms with Crippen molar-refractivity contribution in [2.75, 3.05) is 12.8 Å². The summed E-state index contributed by atoms with van der Waals surface area (Å²) < 4.78 is 5.24. The van der Waals surface area contributed by atoms with Crippen LogP contribution in [-0.2, 0) is 0 Å². The topological polar surface area (TPSA) is 87.7 Å². The fraction of sp³-hybridized carbons (Fsp3) is 0.111. The van der Waals surface area contributed by atoms with Gasteiger partial charge in [0.05, 0.1) is 18.5 Å². The number of pyridine rings is 1. The molecule has 0 amide bonds. The van der Waals surface area contributed by atoms with Gasteiger partial charge in [-0.3, -0.25) is 0 Å². The molecule has 3 rings (SSSR count). The van der Waals surface area contributed by atoms with Crippen LogP contribution in [0.2, 0.25) is 0 Å². The zero-order valence-electron chi connectivity index (χ0n) is 12.9. The Hall–Kier alpha value is -3.26. The highest BCUT2D eigenvalue weighted by Crippen LogP contribution is 2.33. The van der Waals surface area contributed by atoms with E-state index in [9.17, 15) is 5.26 Å². The van der Waals surface area contributed by atoms with Crippen molar-refractivity contribution in [1.82, 2.24) is 9.97 Å². The number of nitrogens with zero attached hydrogens (tertiary/aromatic N) is 2. The average molecular weight is 304 g/mol. The lowest BCUT2D eigenvalue weighted by atomic mass is 9.96. The smallest absolute Gasteiger partial charge is 0.142 e. The number of H-pyrrole nitrogens is 1. The maximum atomic E-state index is 9.47. The van der Waals surface area contributed by atoms with Gasteiger partial charge in [-0.25, -0.2) is 4.98 Å². The Morgan fingerprint density at radius 2 is 2.04 bits per heavy atom. The molecule has 0 aliphatic heterocycles. The largest absolute Gasteiger partial charge is 0.497 e. The molecule has 5 nitrogen and oxygen atoms in total. The summed E-state index contributed by atoms with van der Waals surface area (Å²) in [6, 6.07) is 13.6. The van der Waals surface area contributed by atoms with Crippen molar-refractivity contribution in [2.24, 2.45) is 0 Å². The summed E-state index contributed by atoms with van der Waals surface area (Å²) in [6.07, 6.45) is 1.82. The van der Waals surface area contributed by atoms with Gasteiger partial charge in [-0.2, -0.15) is 5.26 Å². The van der Waals surface area contributed by atoms with E-state index >= 15 is 0 Å². The number of anilines is 1. The van der Waals surface area contributed by atoms with Gasteiger partial charge in [-0.05, 0) is 48.4 Å². The molecule has 2 aromatic heterocycles. The van der Waals surface area contributed by atoms with Gasteiger partial charge in [0.25, 0.3) is 0 Å². The normalized spacial score (nSPS) is 10.3. The van der Waals surface area contributed by atoms with Gasteiger partial charge in [0.2, 0.25) is 0 Å². The highest BCUT2D eigenvalue weighted by atomic mass is 16.5. The van der Waals surface area contributed by atoms with E-state index in [-0.39, 0.29) is 5.82 Å². The molecule has 0 aliphatic carbocycles. The average Bonchev–Trinajstić information content (AvgIpc) is 3.08. The van der Waals surface area contributed by atoms with Crippen LogP contribution in [-0.4, -0.2) is 17.1 Å². The fourth-order valence-corrected chi connectivity index (χ4v) is 2.59. The van der Waals surface area contributed by atoms with Gasteiger partial charge in [0.15, 0.2) is 0 Å². The van der Waals surface area contributed by atoms with Crippen LogP contribution in [0, 0.1) is 18.3 Å². The monoisotopic (exact) mass is 304 g/mol. The Bertz CT molecular complexity index is 892. The lowest BCUT2D eigenvalue weighted by molar-refractivity contribution is 0.414. The Morgan fingerprint density at radius 1 is 1.22 bits per heavy atom. The quantitative estimate of drug-likeness (QED) is 0.775. The zero-order valence-corrected chi connectivity index (χ0v) is 12.9. The molecule has 0 saturated carbocycles. The number of aryl methyl sites for hydroxylation is 1. The third-order valence-electron chi connectivity index (χ3n) is 3.76. The molecule has 0 fully saturated rings. The molecule has 0 aliphatic rings. The Balaban J connectivity index is 2.24. The number of hydrogen-bond acceptors (Lipinski definition) is 4. The number of ether oxygens (including phenoxy) is 1. The van der Waals surface area contributed by atoms with E-state index in [1.54, 1.807) is 7.11 Å². The first kappa shape index (κ1) is 14.7. The third kappa shape index (κ3) is 2.62. The van der Waals surface area contributed by atoms with Crippen molar-refractivity contribution in [1.29, 1.82) is 5.26 Å². The number of aromatic nitrogens is 2. The third-order valence-corrected chi connectivity index (χ3v) is 3.76. The van der Waals surface area contributed by atoms with Crippen LogP contribution >= 0.6 is 0 Å². The van der Waals surface area contributed by atoms with Crippen LogP contribution in [0.3, 0.4) is 0 Å². The molecule has 0 atom stereocenters. The Morgan fingerprint density at radius 3 is 2.65 bits per heavy atom. The van der Waals surface area contributed by atoms with Crippen LogP contribution in [0.25, 0.3) is 22.5 Å². The molecule has 0 unspecified atom stereocenters. The van der Waals surface area contributed by atoms with Gasteiger partial charge in [-0.15, -0.1) is 0 Å². The van der Waals surface area contributed by atoms with Gasteiger partial charge in [0, 0.05) is 11.8 Å². The van der Waals surface area contributed by atoms with Crippen molar-refractivity contribution < 1.29 is 4.74 Å². The second-order valence-electron chi connectivity index (χ2n) is 5.19. The highest BCUT2D eigenvalue weighted by Gasteiger charge is 2.15. The van der Waals surface area contributed by atoms with Crippen molar-refractivity contribution in [3.8, 4) is 34.3 Å². The maximum absolute atomic E-state index is 9.47. The van der Waals surface area contributed by atoms with E-state index < -0.39 is 0 Å². The number of methoxy groups -OCH3 is 1. The van der Waals surface area contributed by atoms with E-state index in [1.807, 2.05) is 49.5 Å². The van der Waals surface area contributed by atoms with Crippen LogP contribution < -0.4 is 10.5 Å². The molecule has 3 aromatic rings. The minimum absolute atomic E-state index is 0.227. The molecular formula is C18H16N4O. The number of aromatic amines is 1. The number of rotatable bonds is 3. The summed E-state index contributed by atoms with van der Waals surface area (Å²) in [6.45, 7) is 1.98. The molecule has 0 bridgehead atoms. The van der Waals surface area contributed by atoms with Crippen LogP contribution in [0.15, 0.2) is 42.6 Å². The Kier molecular flexibility index (Phi) is 3.73. The number of nitrogen functional groups attached to an aromatic ring is 1. The maximum Gasteiger partial charge on any atom is 0.142 e. The molecule has 0 spiro atoms. The number of benzene rings is 1. The molecule has 23 heavy (non-hydrogen) atoms. The first-order valence-electron chi connectivity index (χ1n) is 7.13. The predicted octanol–water partition coefficient (Wildman–Crippen LogP) is 3.51. The molecule has 5 heteroatoms. The van der Waals surface area contributed by atoms with Gasteiger partial charge in [-0.1, -0.05) is 6.07 Å². The molecule has 0 radical (unpaired) electrons. The van der Waals surface area contributed by atoms with Crippen molar-refractivity contribution in [3.05, 3.63) is 53.7 Å². The second-order valence-corrected chi connectivity index (χ2v) is 5.19. The van der Waals surface area contributed by atoms with E-state index in [0.717, 1.165) is 28.1 Å². The molecular weight excluding hydrogens is 288 g/mol. The highest BCUT2D eigenvalue weighted by molar-refractivity contribution is 5.81. The van der Waals surface area contributed by atoms with Crippen molar-refractivity contribution >= 4 is 5.82 Å². The predicted molar refractivity (Wildman–Crippen MR) is 89.9 cm³/mol. The van der Waals surface area contributed by atoms with E-state index in [2.05, 4.69) is 16.0 Å². The summed E-state index contributed by atoms with van der Waals surface area (Å²) in [4.78, 5) is 7.44. The second kappa shape index (κ2) is 5.85. The number of nitriles is 1. The van der Waals surface area contributed by atoms with E-state index in [0.29, 0.717) is 11.3 Å². The molecule has 1 aromatic carbocycles. The molecule has 114 valence electrons. The zero-order chi connectivity index (χ0) is 16.4. The lowest BCUT2D eigenvalue weighted by Gasteiger charge is -2.12. The molecule has 3 N–H and O–H groups in total. The van der Waals surface area contributed by atoms with Gasteiger partial charge >= 0.3 is 0 Å². The van der Waals surface area contributed by atoms with Crippen LogP contribution in [0.5, 0.6) is 5.75 Å². The summed E-state index contributed by atoms with van der Waals surface area (Å²) in [5.41, 5.74) is 10.7. The SMILES string of the molecule is COc1ccc(-c2cc(-c3ccc[nH]3)nc(N)c2C#N)c(C)c1. The van der Waals surface area contributed by atoms with E-state index in [1.165, 1.54) is 0 Å². The van der Waals surface area contributed by atoms with Crippen LogP contribution in [0.4, 0.5) is 5.82 Å². The standard InChI is InChI=1S/C18H16N4O/c1-11-8-12(23-2)5-6-13(11)14-9-17(16-4-3-7-21-16)22-18(20)15(14)10-19/h3-9,21H,1-2H3,(H2,20,22). The summed E-state index contributed by atoms with van der Waals surface area (Å²) in [5.74, 6) is 1.00. The molecule has 2 heterocycles. The molecule has 0 saturated heterocycles. The fourth-order valence-electron chi connectivity index (χ4n) is 2.59. The van der Waals surface area contributed by atoms with Crippen LogP contribution in [0.1, 0.15) is 11.1 Å². The summed E-state index contributed by atoms with van der Waals surface area (Å²) in [7, 11) is 1.63. The summed E-state index contributed by atoms with van der Waals surface area (Å²) >= 11 is 0.